The smallest absolute Gasteiger partial charge is 0.226 e. The van der Waals surface area contributed by atoms with Crippen LogP contribution in [0.3, 0.4) is 0 Å². The predicted octanol–water partition coefficient (Wildman–Crippen LogP) is -1.98. The molecule has 3 N–H and O–H groups in total. The molecule has 1 heterocycles. The summed E-state index contributed by atoms with van der Waals surface area (Å²) < 4.78 is 4.57. The third kappa shape index (κ3) is 1.75. The molecule has 3 unspecified atom stereocenters. The van der Waals surface area contributed by atoms with Gasteiger partial charge in [-0.15, -0.1) is 0 Å². The summed E-state index contributed by atoms with van der Waals surface area (Å²) in [5.74, 6) is -1.92. The molecular weight excluding hydrogens is 152 g/mol. The van der Waals surface area contributed by atoms with Crippen LogP contribution in [0.4, 0.5) is 0 Å². The summed E-state index contributed by atoms with van der Waals surface area (Å²) in [5, 5.41) is 27.0. The lowest BCUT2D eigenvalue weighted by Gasteiger charge is -2.33. The van der Waals surface area contributed by atoms with E-state index >= 15 is 0 Å². The van der Waals surface area contributed by atoms with Crippen LogP contribution in [-0.4, -0.2) is 46.2 Å². The van der Waals surface area contributed by atoms with E-state index in [0.717, 1.165) is 0 Å². The van der Waals surface area contributed by atoms with Gasteiger partial charge in [0.1, 0.15) is 6.10 Å². The first-order chi connectivity index (χ1) is 5.07. The Kier molecular flexibility index (Phi) is 2.24. The first-order valence-corrected chi connectivity index (χ1v) is 3.26. The Morgan fingerprint density at radius 2 is 2.09 bits per heavy atom. The standard InChI is InChI=1S/C6H10O5/c7-3-6(10)1-4(8)5(9)2-11-6/h3-5,8-10H,1-2H2. The number of aliphatic hydroxyl groups is 3. The lowest BCUT2D eigenvalue weighted by molar-refractivity contribution is -0.248. The Balaban J connectivity index is 2.58. The van der Waals surface area contributed by atoms with E-state index in [1.54, 1.807) is 0 Å². The topological polar surface area (TPSA) is 87.0 Å². The first kappa shape index (κ1) is 8.61. The van der Waals surface area contributed by atoms with Crippen LogP contribution in [0.15, 0.2) is 0 Å². The van der Waals surface area contributed by atoms with E-state index in [9.17, 15) is 4.79 Å². The van der Waals surface area contributed by atoms with Gasteiger partial charge in [-0.2, -0.15) is 0 Å². The molecule has 0 saturated carbocycles. The van der Waals surface area contributed by atoms with Crippen molar-refractivity contribution in [2.75, 3.05) is 6.61 Å². The zero-order valence-electron chi connectivity index (χ0n) is 5.80. The van der Waals surface area contributed by atoms with Crippen molar-refractivity contribution in [3.63, 3.8) is 0 Å². The number of rotatable bonds is 1. The van der Waals surface area contributed by atoms with Crippen LogP contribution < -0.4 is 0 Å². The minimum atomic E-state index is -1.92. The minimum absolute atomic E-state index is 0.210. The van der Waals surface area contributed by atoms with Crippen molar-refractivity contribution in [1.82, 2.24) is 0 Å². The van der Waals surface area contributed by atoms with Crippen LogP contribution in [0, 0.1) is 0 Å². The molecular formula is C6H10O5. The van der Waals surface area contributed by atoms with Crippen LogP contribution >= 0.6 is 0 Å². The lowest BCUT2D eigenvalue weighted by atomic mass is 10.0. The van der Waals surface area contributed by atoms with Crippen molar-refractivity contribution in [3.05, 3.63) is 0 Å². The van der Waals surface area contributed by atoms with Crippen molar-refractivity contribution in [2.45, 2.75) is 24.4 Å². The molecule has 0 bridgehead atoms. The number of carbonyl (C=O) groups is 1. The van der Waals surface area contributed by atoms with E-state index in [-0.39, 0.29) is 19.3 Å². The highest BCUT2D eigenvalue weighted by Gasteiger charge is 2.39. The van der Waals surface area contributed by atoms with Gasteiger partial charge in [-0.05, 0) is 0 Å². The number of carbonyl (C=O) groups excluding carboxylic acids is 1. The molecule has 0 amide bonds. The van der Waals surface area contributed by atoms with E-state index in [2.05, 4.69) is 4.74 Å². The molecule has 5 heteroatoms. The van der Waals surface area contributed by atoms with E-state index in [1.165, 1.54) is 0 Å². The number of aldehydes is 1. The maximum Gasteiger partial charge on any atom is 0.226 e. The van der Waals surface area contributed by atoms with Crippen molar-refractivity contribution in [2.24, 2.45) is 0 Å². The highest BCUT2D eigenvalue weighted by Crippen LogP contribution is 2.20. The molecule has 1 fully saturated rings. The Bertz CT molecular complexity index is 159. The molecule has 0 spiro atoms. The van der Waals surface area contributed by atoms with Crippen LogP contribution in [0.5, 0.6) is 0 Å². The van der Waals surface area contributed by atoms with Crippen molar-refractivity contribution < 1.29 is 24.9 Å². The maximum atomic E-state index is 10.2. The fraction of sp³-hybridized carbons (Fsp3) is 0.833. The molecule has 1 aliphatic heterocycles. The number of aliphatic hydroxyl groups excluding tert-OH is 2. The van der Waals surface area contributed by atoms with E-state index < -0.39 is 18.0 Å². The summed E-state index contributed by atoms with van der Waals surface area (Å²) in [6.45, 7) is -0.226. The van der Waals surface area contributed by atoms with Gasteiger partial charge in [-0.25, -0.2) is 0 Å². The molecule has 1 saturated heterocycles. The monoisotopic (exact) mass is 162 g/mol. The van der Waals surface area contributed by atoms with Gasteiger partial charge in [0, 0.05) is 6.42 Å². The molecule has 5 nitrogen and oxygen atoms in total. The highest BCUT2D eigenvalue weighted by molar-refractivity contribution is 5.59. The first-order valence-electron chi connectivity index (χ1n) is 3.26. The fourth-order valence-corrected chi connectivity index (χ4v) is 0.918. The molecule has 1 aliphatic rings. The second-order valence-electron chi connectivity index (χ2n) is 2.61. The average Bonchev–Trinajstić information content (AvgIpc) is 1.98. The predicted molar refractivity (Wildman–Crippen MR) is 33.6 cm³/mol. The molecule has 64 valence electrons. The number of hydrogen-bond donors (Lipinski definition) is 3. The third-order valence-electron chi connectivity index (χ3n) is 1.63. The molecule has 0 aromatic heterocycles. The van der Waals surface area contributed by atoms with Crippen LogP contribution in [0.1, 0.15) is 6.42 Å². The second kappa shape index (κ2) is 2.86. The summed E-state index contributed by atoms with van der Waals surface area (Å²) in [6.07, 6.45) is -2.19. The summed E-state index contributed by atoms with van der Waals surface area (Å²) in [6, 6.07) is 0. The third-order valence-corrected chi connectivity index (χ3v) is 1.63. The van der Waals surface area contributed by atoms with Gasteiger partial charge in [-0.3, -0.25) is 4.79 Å². The minimum Gasteiger partial charge on any atom is -0.390 e. The Hall–Kier alpha value is -0.490. The van der Waals surface area contributed by atoms with Gasteiger partial charge in [0.05, 0.1) is 12.7 Å². The molecule has 0 aromatic carbocycles. The quantitative estimate of drug-likeness (QED) is 0.389. The van der Waals surface area contributed by atoms with Gasteiger partial charge in [0.25, 0.3) is 0 Å². The largest absolute Gasteiger partial charge is 0.390 e. The Morgan fingerprint density at radius 3 is 2.55 bits per heavy atom. The van der Waals surface area contributed by atoms with Crippen molar-refractivity contribution in [3.8, 4) is 0 Å². The SMILES string of the molecule is O=CC1(O)CC(O)C(O)CO1. The van der Waals surface area contributed by atoms with E-state index in [1.807, 2.05) is 0 Å². The van der Waals surface area contributed by atoms with Crippen LogP contribution in [-0.2, 0) is 9.53 Å². The van der Waals surface area contributed by atoms with Gasteiger partial charge in [-0.1, -0.05) is 0 Å². The van der Waals surface area contributed by atoms with Crippen LogP contribution in [0.25, 0.3) is 0 Å². The number of hydrogen-bond acceptors (Lipinski definition) is 5. The normalized spacial score (nSPS) is 45.4. The van der Waals surface area contributed by atoms with Crippen molar-refractivity contribution >= 4 is 6.29 Å². The lowest BCUT2D eigenvalue weighted by Crippen LogP contribution is -2.50. The van der Waals surface area contributed by atoms with E-state index in [4.69, 9.17) is 15.3 Å². The fourth-order valence-electron chi connectivity index (χ4n) is 0.918. The Labute approximate surface area is 63.2 Å². The van der Waals surface area contributed by atoms with Gasteiger partial charge < -0.3 is 20.1 Å². The van der Waals surface area contributed by atoms with E-state index in [0.29, 0.717) is 0 Å². The molecule has 1 rings (SSSR count). The van der Waals surface area contributed by atoms with Crippen molar-refractivity contribution in [1.29, 1.82) is 0 Å². The van der Waals surface area contributed by atoms with Gasteiger partial charge in [0.15, 0.2) is 6.29 Å². The van der Waals surface area contributed by atoms with Crippen LogP contribution in [0.2, 0.25) is 0 Å². The molecule has 0 aromatic rings. The summed E-state index contributed by atoms with van der Waals surface area (Å²) in [5.41, 5.74) is 0. The molecule has 0 aliphatic carbocycles. The Morgan fingerprint density at radius 1 is 1.45 bits per heavy atom. The maximum absolute atomic E-state index is 10.2. The highest BCUT2D eigenvalue weighted by atomic mass is 16.6. The van der Waals surface area contributed by atoms with Gasteiger partial charge >= 0.3 is 0 Å². The average molecular weight is 162 g/mol. The zero-order valence-corrected chi connectivity index (χ0v) is 5.80. The van der Waals surface area contributed by atoms with Gasteiger partial charge in [0.2, 0.25) is 5.79 Å². The molecule has 0 radical (unpaired) electrons. The summed E-state index contributed by atoms with van der Waals surface area (Å²) in [7, 11) is 0. The molecule has 3 atom stereocenters. The number of ether oxygens (including phenoxy) is 1. The second-order valence-corrected chi connectivity index (χ2v) is 2.61. The molecule has 11 heavy (non-hydrogen) atoms. The summed E-state index contributed by atoms with van der Waals surface area (Å²) >= 11 is 0. The summed E-state index contributed by atoms with van der Waals surface area (Å²) in [4.78, 5) is 10.2. The zero-order chi connectivity index (χ0) is 8.48.